The first-order valence-electron chi connectivity index (χ1n) is 13.2. The molecule has 0 saturated carbocycles. The summed E-state index contributed by atoms with van der Waals surface area (Å²) in [6, 6.07) is 28.2. The predicted octanol–water partition coefficient (Wildman–Crippen LogP) is 4.65. The highest BCUT2D eigenvalue weighted by Crippen LogP contribution is 2.29. The van der Waals surface area contributed by atoms with E-state index in [1.165, 1.54) is 5.56 Å². The first-order valence-corrected chi connectivity index (χ1v) is 13.2. The molecule has 2 heterocycles. The Bertz CT molecular complexity index is 1410. The average Bonchev–Trinajstić information content (AvgIpc) is 3.49. The number of para-hydroxylation sites is 1. The van der Waals surface area contributed by atoms with Crippen molar-refractivity contribution >= 4 is 23.4 Å². The minimum absolute atomic E-state index is 0.0645. The van der Waals surface area contributed by atoms with E-state index < -0.39 is 0 Å². The van der Waals surface area contributed by atoms with Gasteiger partial charge in [0.1, 0.15) is 5.69 Å². The van der Waals surface area contributed by atoms with E-state index in [1.807, 2.05) is 77.7 Å². The van der Waals surface area contributed by atoms with Crippen molar-refractivity contribution in [1.82, 2.24) is 20.0 Å². The molecule has 0 bridgehead atoms. The molecule has 198 valence electrons. The molecular formula is C31H31N5O3. The predicted molar refractivity (Wildman–Crippen MR) is 150 cm³/mol. The molecule has 8 nitrogen and oxygen atoms in total. The maximum atomic E-state index is 12.9. The minimum Gasteiger partial charge on any atom is -0.352 e. The Labute approximate surface area is 227 Å². The summed E-state index contributed by atoms with van der Waals surface area (Å²) < 4.78 is 1.62. The van der Waals surface area contributed by atoms with Crippen LogP contribution in [0.15, 0.2) is 97.2 Å². The lowest BCUT2D eigenvalue weighted by Gasteiger charge is -2.32. The van der Waals surface area contributed by atoms with Crippen molar-refractivity contribution in [3.8, 4) is 5.69 Å². The number of amides is 3. The van der Waals surface area contributed by atoms with Gasteiger partial charge in [0, 0.05) is 37.3 Å². The molecular weight excluding hydrogens is 490 g/mol. The number of carbonyl (C=O) groups excluding carboxylic acids is 3. The second kappa shape index (κ2) is 12.2. The fourth-order valence-corrected chi connectivity index (χ4v) is 4.88. The van der Waals surface area contributed by atoms with Gasteiger partial charge in [0.05, 0.1) is 11.9 Å². The van der Waals surface area contributed by atoms with Gasteiger partial charge in [0.25, 0.3) is 11.8 Å². The number of aromatic nitrogens is 2. The first-order chi connectivity index (χ1) is 19.1. The lowest BCUT2D eigenvalue weighted by atomic mass is 9.89. The van der Waals surface area contributed by atoms with E-state index in [0.717, 1.165) is 24.2 Å². The van der Waals surface area contributed by atoms with E-state index in [-0.39, 0.29) is 17.7 Å². The zero-order valence-electron chi connectivity index (χ0n) is 21.6. The fraction of sp³-hybridized carbons (Fsp3) is 0.226. The van der Waals surface area contributed by atoms with Crippen molar-refractivity contribution in [2.45, 2.75) is 25.2 Å². The van der Waals surface area contributed by atoms with Gasteiger partial charge in [0.2, 0.25) is 5.91 Å². The lowest BCUT2D eigenvalue weighted by molar-refractivity contribution is -0.132. The maximum absolute atomic E-state index is 12.9. The number of hydrogen-bond donors (Lipinski definition) is 2. The number of hydrogen-bond acceptors (Lipinski definition) is 4. The Kier molecular flexibility index (Phi) is 8.12. The number of likely N-dealkylation sites (tertiary alicyclic amines) is 1. The topological polar surface area (TPSA) is 96.3 Å². The smallest absolute Gasteiger partial charge is 0.274 e. The van der Waals surface area contributed by atoms with Crippen LogP contribution in [0, 0.1) is 0 Å². The van der Waals surface area contributed by atoms with Crippen LogP contribution in [-0.4, -0.2) is 52.0 Å². The van der Waals surface area contributed by atoms with Gasteiger partial charge in [-0.1, -0.05) is 48.5 Å². The number of nitrogens with one attached hydrogen (secondary N) is 2. The molecule has 2 N–H and O–H groups in total. The molecule has 0 aliphatic carbocycles. The monoisotopic (exact) mass is 521 g/mol. The van der Waals surface area contributed by atoms with E-state index in [2.05, 4.69) is 15.7 Å². The Balaban J connectivity index is 1.09. The second-order valence-corrected chi connectivity index (χ2v) is 9.57. The highest BCUT2D eigenvalue weighted by atomic mass is 16.2. The standard InChI is InChI=1S/C31H31N5O3/c37-29(16-19-32-30(38)25-7-3-1-4-8-25)35-21-17-24(18-22-35)23-11-13-26(14-12-23)34-31(39)28-15-20-33-36(28)27-9-5-2-6-10-27/h1-15,20,24H,16-19,21-22H2,(H,32,38)(H,34,39). The van der Waals surface area contributed by atoms with Crippen molar-refractivity contribution in [2.24, 2.45) is 0 Å². The molecule has 0 unspecified atom stereocenters. The van der Waals surface area contributed by atoms with E-state index >= 15 is 0 Å². The SMILES string of the molecule is O=C(NCCC(=O)N1CCC(c2ccc(NC(=O)c3ccnn3-c3ccccc3)cc2)CC1)c1ccccc1. The zero-order chi connectivity index (χ0) is 27.0. The molecule has 5 rings (SSSR count). The third-order valence-electron chi connectivity index (χ3n) is 7.02. The van der Waals surface area contributed by atoms with Gasteiger partial charge in [-0.15, -0.1) is 0 Å². The Morgan fingerprint density at radius 2 is 1.46 bits per heavy atom. The second-order valence-electron chi connectivity index (χ2n) is 9.57. The molecule has 4 aromatic rings. The summed E-state index contributed by atoms with van der Waals surface area (Å²) in [5.74, 6) is 0.0326. The fourth-order valence-electron chi connectivity index (χ4n) is 4.88. The Morgan fingerprint density at radius 1 is 0.795 bits per heavy atom. The third kappa shape index (κ3) is 6.41. The van der Waals surface area contributed by atoms with Gasteiger partial charge in [0.15, 0.2) is 0 Å². The summed E-state index contributed by atoms with van der Waals surface area (Å²) in [7, 11) is 0. The number of nitrogens with zero attached hydrogens (tertiary/aromatic N) is 3. The number of benzene rings is 3. The molecule has 1 aromatic heterocycles. The van der Waals surface area contributed by atoms with Gasteiger partial charge < -0.3 is 15.5 Å². The molecule has 0 atom stereocenters. The molecule has 0 radical (unpaired) electrons. The molecule has 3 amide bonds. The van der Waals surface area contributed by atoms with Crippen LogP contribution in [-0.2, 0) is 4.79 Å². The van der Waals surface area contributed by atoms with Crippen LogP contribution in [0.1, 0.15) is 51.6 Å². The summed E-state index contributed by atoms with van der Waals surface area (Å²) in [5.41, 5.74) is 3.79. The van der Waals surface area contributed by atoms with E-state index in [1.54, 1.807) is 29.1 Å². The summed E-state index contributed by atoms with van der Waals surface area (Å²) in [6.45, 7) is 1.71. The number of rotatable bonds is 8. The van der Waals surface area contributed by atoms with E-state index in [4.69, 9.17) is 0 Å². The molecule has 8 heteroatoms. The van der Waals surface area contributed by atoms with Gasteiger partial charge in [-0.25, -0.2) is 4.68 Å². The van der Waals surface area contributed by atoms with E-state index in [9.17, 15) is 14.4 Å². The van der Waals surface area contributed by atoms with Crippen LogP contribution in [0.4, 0.5) is 5.69 Å². The van der Waals surface area contributed by atoms with Crippen molar-refractivity contribution in [1.29, 1.82) is 0 Å². The van der Waals surface area contributed by atoms with Crippen LogP contribution in [0.3, 0.4) is 0 Å². The summed E-state index contributed by atoms with van der Waals surface area (Å²) >= 11 is 0. The van der Waals surface area contributed by atoms with Gasteiger partial charge in [-0.2, -0.15) is 5.10 Å². The van der Waals surface area contributed by atoms with Crippen LogP contribution in [0.25, 0.3) is 5.69 Å². The number of piperidine rings is 1. The van der Waals surface area contributed by atoms with Gasteiger partial charge in [-0.3, -0.25) is 14.4 Å². The molecule has 1 saturated heterocycles. The minimum atomic E-state index is -0.226. The van der Waals surface area contributed by atoms with E-state index in [0.29, 0.717) is 43.2 Å². The Morgan fingerprint density at radius 3 is 2.15 bits per heavy atom. The quantitative estimate of drug-likeness (QED) is 0.353. The molecule has 1 aliphatic heterocycles. The molecule has 1 aliphatic rings. The molecule has 0 spiro atoms. The maximum Gasteiger partial charge on any atom is 0.274 e. The molecule has 39 heavy (non-hydrogen) atoms. The van der Waals surface area contributed by atoms with Gasteiger partial charge >= 0.3 is 0 Å². The van der Waals surface area contributed by atoms with Crippen LogP contribution < -0.4 is 10.6 Å². The summed E-state index contributed by atoms with van der Waals surface area (Å²) in [4.78, 5) is 39.6. The van der Waals surface area contributed by atoms with Crippen molar-refractivity contribution in [3.05, 3.63) is 114 Å². The van der Waals surface area contributed by atoms with Crippen LogP contribution >= 0.6 is 0 Å². The van der Waals surface area contributed by atoms with Crippen molar-refractivity contribution < 1.29 is 14.4 Å². The first kappa shape index (κ1) is 25.9. The average molecular weight is 522 g/mol. The van der Waals surface area contributed by atoms with Crippen molar-refractivity contribution in [3.63, 3.8) is 0 Å². The molecule has 3 aromatic carbocycles. The Hall–Kier alpha value is -4.72. The van der Waals surface area contributed by atoms with Gasteiger partial charge in [-0.05, 0) is 66.8 Å². The zero-order valence-corrected chi connectivity index (χ0v) is 21.6. The highest BCUT2D eigenvalue weighted by Gasteiger charge is 2.24. The van der Waals surface area contributed by atoms with Crippen molar-refractivity contribution in [2.75, 3.05) is 25.0 Å². The third-order valence-corrected chi connectivity index (χ3v) is 7.02. The number of carbonyl (C=O) groups is 3. The summed E-state index contributed by atoms with van der Waals surface area (Å²) in [6.07, 6.45) is 3.66. The number of anilines is 1. The highest BCUT2D eigenvalue weighted by molar-refractivity contribution is 6.03. The van der Waals surface area contributed by atoms with Crippen LogP contribution in [0.2, 0.25) is 0 Å². The molecule has 1 fully saturated rings. The van der Waals surface area contributed by atoms with Crippen LogP contribution in [0.5, 0.6) is 0 Å². The largest absolute Gasteiger partial charge is 0.352 e. The normalized spacial score (nSPS) is 13.6. The lowest BCUT2D eigenvalue weighted by Crippen LogP contribution is -2.39. The summed E-state index contributed by atoms with van der Waals surface area (Å²) in [5, 5.41) is 10.1.